The highest BCUT2D eigenvalue weighted by Crippen LogP contribution is 2.35. The highest BCUT2D eigenvalue weighted by atomic mass is 32.1. The van der Waals surface area contributed by atoms with Crippen molar-refractivity contribution in [1.82, 2.24) is 15.6 Å². The van der Waals surface area contributed by atoms with E-state index in [1.54, 1.807) is 5.38 Å². The van der Waals surface area contributed by atoms with Crippen LogP contribution in [0.15, 0.2) is 23.6 Å². The van der Waals surface area contributed by atoms with Gasteiger partial charge in [-0.1, -0.05) is 0 Å². The summed E-state index contributed by atoms with van der Waals surface area (Å²) in [6.07, 6.45) is 2.28. The Bertz CT molecular complexity index is 740. The van der Waals surface area contributed by atoms with Gasteiger partial charge in [-0.15, -0.1) is 11.3 Å². The van der Waals surface area contributed by atoms with Crippen molar-refractivity contribution in [2.24, 2.45) is 0 Å². The fraction of sp³-hybridized carbons (Fsp3) is 0.412. The van der Waals surface area contributed by atoms with Crippen molar-refractivity contribution in [2.45, 2.75) is 18.9 Å². The largest absolute Gasteiger partial charge is 0.486 e. The number of thiazole rings is 1. The Morgan fingerprint density at radius 3 is 3.04 bits per heavy atom. The van der Waals surface area contributed by atoms with Gasteiger partial charge in [0, 0.05) is 23.5 Å². The van der Waals surface area contributed by atoms with Crippen molar-refractivity contribution in [3.05, 3.63) is 29.3 Å². The molecular weight excluding hydrogens is 326 g/mol. The molecule has 1 unspecified atom stereocenters. The minimum absolute atomic E-state index is 0.122. The monoisotopic (exact) mass is 345 g/mol. The number of aromatic nitrogens is 1. The van der Waals surface area contributed by atoms with Gasteiger partial charge in [0.25, 0.3) is 5.91 Å². The summed E-state index contributed by atoms with van der Waals surface area (Å²) in [5, 5.41) is 8.92. The van der Waals surface area contributed by atoms with E-state index in [0.717, 1.165) is 35.0 Å². The molecule has 2 aromatic rings. The summed E-state index contributed by atoms with van der Waals surface area (Å²) in [4.78, 5) is 16.7. The van der Waals surface area contributed by atoms with Crippen LogP contribution in [0, 0.1) is 0 Å². The van der Waals surface area contributed by atoms with Crippen LogP contribution in [0.1, 0.15) is 23.3 Å². The van der Waals surface area contributed by atoms with Gasteiger partial charge in [0.2, 0.25) is 0 Å². The maximum atomic E-state index is 12.2. The maximum absolute atomic E-state index is 12.2. The number of nitrogens with zero attached hydrogens (tertiary/aromatic N) is 1. The van der Waals surface area contributed by atoms with Crippen LogP contribution < -0.4 is 20.1 Å². The molecule has 0 saturated carbocycles. The number of carbonyl (C=O) groups excluding carboxylic acids is 1. The third kappa shape index (κ3) is 3.22. The zero-order valence-electron chi connectivity index (χ0n) is 13.2. The molecule has 1 amide bonds. The van der Waals surface area contributed by atoms with E-state index in [1.165, 1.54) is 17.8 Å². The maximum Gasteiger partial charge on any atom is 0.270 e. The number of hydrogen-bond acceptors (Lipinski definition) is 6. The van der Waals surface area contributed by atoms with E-state index < -0.39 is 0 Å². The molecule has 1 aromatic heterocycles. The average molecular weight is 345 g/mol. The Labute approximate surface area is 144 Å². The van der Waals surface area contributed by atoms with Crippen molar-refractivity contribution in [3.63, 3.8) is 0 Å². The normalized spacial score (nSPS) is 19.2. The van der Waals surface area contributed by atoms with Gasteiger partial charge in [-0.25, -0.2) is 4.98 Å². The summed E-state index contributed by atoms with van der Waals surface area (Å²) in [6.45, 7) is 2.81. The first-order valence-electron chi connectivity index (χ1n) is 8.17. The molecule has 0 spiro atoms. The Kier molecular flexibility index (Phi) is 4.36. The smallest absolute Gasteiger partial charge is 0.270 e. The molecule has 0 aliphatic carbocycles. The van der Waals surface area contributed by atoms with E-state index >= 15 is 0 Å². The predicted octanol–water partition coefficient (Wildman–Crippen LogP) is 2.06. The van der Waals surface area contributed by atoms with Gasteiger partial charge in [0.1, 0.15) is 23.9 Å². The van der Waals surface area contributed by atoms with Crippen LogP contribution in [0.4, 0.5) is 0 Å². The fourth-order valence-electron chi connectivity index (χ4n) is 2.92. The first-order chi connectivity index (χ1) is 11.8. The molecule has 1 aromatic carbocycles. The van der Waals surface area contributed by atoms with Crippen molar-refractivity contribution in [3.8, 4) is 22.1 Å². The van der Waals surface area contributed by atoms with Gasteiger partial charge >= 0.3 is 0 Å². The lowest BCUT2D eigenvalue weighted by atomic mass is 10.2. The Hall–Kier alpha value is -2.12. The molecule has 7 heteroatoms. The van der Waals surface area contributed by atoms with Crippen LogP contribution in [0.3, 0.4) is 0 Å². The zero-order chi connectivity index (χ0) is 16.4. The lowest BCUT2D eigenvalue weighted by molar-refractivity contribution is 0.0946. The Morgan fingerprint density at radius 2 is 2.21 bits per heavy atom. The summed E-state index contributed by atoms with van der Waals surface area (Å²) < 4.78 is 11.1. The number of nitrogens with one attached hydrogen (secondary N) is 2. The van der Waals surface area contributed by atoms with Gasteiger partial charge in [0.15, 0.2) is 11.5 Å². The average Bonchev–Trinajstić information content (AvgIpc) is 3.31. The molecule has 1 atom stereocenters. The fourth-order valence-corrected chi connectivity index (χ4v) is 3.72. The van der Waals surface area contributed by atoms with Crippen LogP contribution >= 0.6 is 11.3 Å². The van der Waals surface area contributed by atoms with Gasteiger partial charge in [-0.05, 0) is 37.6 Å². The molecule has 1 fully saturated rings. The van der Waals surface area contributed by atoms with Gasteiger partial charge in [0.05, 0.1) is 0 Å². The second-order valence-corrected chi connectivity index (χ2v) is 6.76. The number of amides is 1. The van der Waals surface area contributed by atoms with Crippen molar-refractivity contribution < 1.29 is 14.3 Å². The topological polar surface area (TPSA) is 72.5 Å². The molecule has 24 heavy (non-hydrogen) atoms. The second kappa shape index (κ2) is 6.78. The lowest BCUT2D eigenvalue weighted by Crippen LogP contribution is -2.37. The summed E-state index contributed by atoms with van der Waals surface area (Å²) in [7, 11) is 0. The molecule has 3 heterocycles. The first kappa shape index (κ1) is 15.4. The number of ether oxygens (including phenoxy) is 2. The molecule has 4 rings (SSSR count). The molecule has 0 radical (unpaired) electrons. The van der Waals surface area contributed by atoms with Gasteiger partial charge in [-0.2, -0.15) is 0 Å². The second-order valence-electron chi connectivity index (χ2n) is 5.90. The van der Waals surface area contributed by atoms with Crippen LogP contribution in [0.25, 0.3) is 10.6 Å². The molecular formula is C17H19N3O3S. The van der Waals surface area contributed by atoms with Crippen LogP contribution in [0.2, 0.25) is 0 Å². The standard InChI is InChI=1S/C17H19N3O3S/c21-16(19-9-12-2-1-5-18-12)13-10-24-17(20-13)11-3-4-14-15(8-11)23-7-6-22-14/h3-4,8,10,12,18H,1-2,5-7,9H2,(H,19,21). The van der Waals surface area contributed by atoms with E-state index in [2.05, 4.69) is 15.6 Å². The molecule has 126 valence electrons. The first-order valence-corrected chi connectivity index (χ1v) is 9.05. The van der Waals surface area contributed by atoms with Crippen LogP contribution in [-0.2, 0) is 0 Å². The summed E-state index contributed by atoms with van der Waals surface area (Å²) >= 11 is 1.46. The van der Waals surface area contributed by atoms with Crippen LogP contribution in [0.5, 0.6) is 11.5 Å². The molecule has 2 aliphatic heterocycles. The van der Waals surface area contributed by atoms with Crippen LogP contribution in [-0.4, -0.2) is 43.2 Å². The highest BCUT2D eigenvalue weighted by molar-refractivity contribution is 7.13. The van der Waals surface area contributed by atoms with Crippen molar-refractivity contribution in [1.29, 1.82) is 0 Å². The Morgan fingerprint density at radius 1 is 1.33 bits per heavy atom. The van der Waals surface area contributed by atoms with Gasteiger partial charge in [-0.3, -0.25) is 4.79 Å². The molecule has 0 bridgehead atoms. The SMILES string of the molecule is O=C(NCC1CCCN1)c1csc(-c2ccc3c(c2)OCCO3)n1. The quantitative estimate of drug-likeness (QED) is 0.887. The number of rotatable bonds is 4. The van der Waals surface area contributed by atoms with E-state index in [1.807, 2.05) is 18.2 Å². The minimum atomic E-state index is -0.122. The zero-order valence-corrected chi connectivity index (χ0v) is 14.0. The van der Waals surface area contributed by atoms with Crippen molar-refractivity contribution in [2.75, 3.05) is 26.3 Å². The van der Waals surface area contributed by atoms with Gasteiger partial charge < -0.3 is 20.1 Å². The number of hydrogen-bond donors (Lipinski definition) is 2. The molecule has 1 saturated heterocycles. The molecule has 2 N–H and O–H groups in total. The number of fused-ring (bicyclic) bond motifs is 1. The van der Waals surface area contributed by atoms with E-state index in [-0.39, 0.29) is 5.91 Å². The number of benzene rings is 1. The van der Waals surface area contributed by atoms with E-state index in [0.29, 0.717) is 31.5 Å². The highest BCUT2D eigenvalue weighted by Gasteiger charge is 2.18. The lowest BCUT2D eigenvalue weighted by Gasteiger charge is -2.18. The predicted molar refractivity (Wildman–Crippen MR) is 91.9 cm³/mol. The third-order valence-electron chi connectivity index (χ3n) is 4.20. The summed E-state index contributed by atoms with van der Waals surface area (Å²) in [5.74, 6) is 1.36. The van der Waals surface area contributed by atoms with E-state index in [4.69, 9.17) is 9.47 Å². The minimum Gasteiger partial charge on any atom is -0.486 e. The summed E-state index contributed by atoms with van der Waals surface area (Å²) in [6, 6.07) is 6.12. The number of carbonyl (C=O) groups is 1. The Balaban J connectivity index is 1.45. The third-order valence-corrected chi connectivity index (χ3v) is 5.09. The molecule has 6 nitrogen and oxygen atoms in total. The summed E-state index contributed by atoms with van der Waals surface area (Å²) in [5.41, 5.74) is 1.39. The van der Waals surface area contributed by atoms with Crippen molar-refractivity contribution >= 4 is 17.2 Å². The molecule has 2 aliphatic rings. The van der Waals surface area contributed by atoms with E-state index in [9.17, 15) is 4.79 Å².